The van der Waals surface area contributed by atoms with Gasteiger partial charge < -0.3 is 41.1 Å². The van der Waals surface area contributed by atoms with Crippen LogP contribution in [-0.4, -0.2) is 99.4 Å². The Morgan fingerprint density at radius 3 is 0.603 bits per heavy atom. The summed E-state index contributed by atoms with van der Waals surface area (Å²) in [6.07, 6.45) is 4.64. The first-order valence-corrected chi connectivity index (χ1v) is 43.1. The second-order valence-corrected chi connectivity index (χ2v) is 33.8. The molecule has 5 aromatic heterocycles. The number of hydrogen-bond acceptors (Lipinski definition) is 21. The predicted octanol–water partition coefficient (Wildman–Crippen LogP) is 15.7. The third-order valence-corrected chi connectivity index (χ3v) is 24.7. The molecule has 0 amide bonds. The molecule has 0 radical (unpaired) electrons. The Hall–Kier alpha value is -10.2. The first-order valence-electron chi connectivity index (χ1n) is 39.0. The number of ether oxygens (including phenoxy) is 5. The van der Waals surface area contributed by atoms with E-state index in [1.165, 1.54) is 116 Å². The van der Waals surface area contributed by atoms with Crippen LogP contribution in [0.3, 0.4) is 0 Å². The topological polar surface area (TPSA) is 302 Å². The van der Waals surface area contributed by atoms with E-state index >= 15 is 0 Å². The van der Waals surface area contributed by atoms with Gasteiger partial charge in [-0.3, -0.25) is 19.2 Å². The van der Waals surface area contributed by atoms with Crippen LogP contribution in [0.15, 0.2) is 274 Å². The number of benzene rings is 10. The second-order valence-electron chi connectivity index (χ2n) is 29.8. The minimum Gasteiger partial charge on any atom is -0.734 e. The van der Waals surface area contributed by atoms with Crippen LogP contribution < -0.4 is 29.6 Å². The first kappa shape index (κ1) is 95.4. The fraction of sp³-hybridized carbons (Fsp3) is 0.167. The van der Waals surface area contributed by atoms with Crippen molar-refractivity contribution in [3.8, 4) is 0 Å². The van der Waals surface area contributed by atoms with Crippen molar-refractivity contribution in [2.45, 2.75) is 91.2 Å². The van der Waals surface area contributed by atoms with Gasteiger partial charge in [-0.05, 0) is 119 Å². The zero-order valence-corrected chi connectivity index (χ0v) is 77.8. The number of epoxide rings is 5. The van der Waals surface area contributed by atoms with Gasteiger partial charge in [0.1, 0.15) is 119 Å². The molecule has 0 bridgehead atoms. The number of thiol groups is 4. The van der Waals surface area contributed by atoms with E-state index in [-0.39, 0.29) is 151 Å². The third-order valence-electron chi connectivity index (χ3n) is 22.0. The van der Waals surface area contributed by atoms with Crippen molar-refractivity contribution in [2.24, 2.45) is 0 Å². The Kier molecular flexibility index (Phi) is 29.3. The van der Waals surface area contributed by atoms with E-state index in [4.69, 9.17) is 94.3 Å². The van der Waals surface area contributed by atoms with E-state index in [0.29, 0.717) is 25.1 Å². The van der Waals surface area contributed by atoms with Gasteiger partial charge in [0.25, 0.3) is 20.5 Å². The molecule has 10 heterocycles. The number of hydrogen-bond donors (Lipinski definition) is 4. The fourth-order valence-corrected chi connectivity index (χ4v) is 17.6. The molecule has 15 aromatic rings. The van der Waals surface area contributed by atoms with Crippen molar-refractivity contribution in [3.05, 3.63) is 413 Å². The Morgan fingerprint density at radius 2 is 0.443 bits per heavy atom. The van der Waals surface area contributed by atoms with Crippen LogP contribution in [0.2, 0.25) is 25.1 Å². The van der Waals surface area contributed by atoms with Gasteiger partial charge in [-0.15, -0.1) is 0 Å². The van der Waals surface area contributed by atoms with Crippen molar-refractivity contribution < 1.29 is 99.2 Å². The largest absolute Gasteiger partial charge is 1.00 e. The van der Waals surface area contributed by atoms with E-state index in [2.05, 4.69) is 101 Å². The molecular formula is C90H64Cl5F5N15NaO10S5. The molecule has 10 atom stereocenters. The Balaban J connectivity index is 0.000000125. The zero-order chi connectivity index (χ0) is 91.6. The van der Waals surface area contributed by atoms with E-state index in [1.807, 2.05) is 91.0 Å². The van der Waals surface area contributed by atoms with Gasteiger partial charge in [-0.2, -0.15) is 25.5 Å². The van der Waals surface area contributed by atoms with E-state index in [0.717, 1.165) is 55.6 Å². The van der Waals surface area contributed by atoms with Crippen LogP contribution in [0.25, 0.3) is 0 Å². The van der Waals surface area contributed by atoms with Crippen molar-refractivity contribution >= 4 is 147 Å². The number of halogens is 10. The smallest absolute Gasteiger partial charge is 0.734 e. The van der Waals surface area contributed by atoms with Crippen LogP contribution in [-0.2, 0) is 97.0 Å². The number of carbonyl (C=O) groups is 5. The Morgan fingerprint density at radius 1 is 0.282 bits per heavy atom. The van der Waals surface area contributed by atoms with Crippen molar-refractivity contribution in [2.75, 3.05) is 0 Å². The molecule has 131 heavy (non-hydrogen) atoms. The van der Waals surface area contributed by atoms with Crippen molar-refractivity contribution in [3.63, 3.8) is 0 Å². The van der Waals surface area contributed by atoms with Crippen LogP contribution in [0.4, 0.5) is 22.0 Å². The van der Waals surface area contributed by atoms with E-state index in [9.17, 15) is 45.9 Å². The van der Waals surface area contributed by atoms with Gasteiger partial charge in [-0.1, -0.05) is 260 Å². The van der Waals surface area contributed by atoms with Gasteiger partial charge in [0.05, 0.1) is 37.8 Å². The summed E-state index contributed by atoms with van der Waals surface area (Å²) in [5.74, 6) is -1.19. The number of aromatic nitrogens is 15. The van der Waals surface area contributed by atoms with E-state index in [1.54, 1.807) is 91.0 Å². The minimum absolute atomic E-state index is 0. The SMILES string of the molecule is O=C(S)c1ncnn1CC1(c2ccc(F)cc2)OC1c1ccccc1Cl.O=C(S)c1ncnn1CC1(c2ccc(F)cc2)OC1c1ccccc1Cl.O=C(S)c1ncnn1CC1(c2ccc(F)cc2)OC1c1ccccc1Cl.O=C(S)c1ncnn1CC1(c2ccc(F)cc2)OC1c1ccccc1Cl.O=C([S-])c1ncnn1C[C@@]1(c2ccc(F)cc2)O[C@@H]1c1ccccc1Cl.[Na+]. The molecule has 660 valence electrons. The fourth-order valence-electron chi connectivity index (χ4n) is 15.5. The molecule has 41 heteroatoms. The summed E-state index contributed by atoms with van der Waals surface area (Å²) in [6, 6.07) is 67.1. The maximum Gasteiger partial charge on any atom is 1.00 e. The summed E-state index contributed by atoms with van der Waals surface area (Å²) < 4.78 is 104. The molecule has 5 aliphatic rings. The number of carbonyl (C=O) groups excluding carboxylic acids is 5. The standard InChI is InChI=1S/5C18H13ClFN3O2S.Na/c5*19-14-4-2-1-3-13(14)15-18(25-15,11-5-7-12(20)8-6-11)9-23-16(17(24)26)21-10-22-23;/h5*1-8,10,15H,9H2,(H,24,26);/q;;;;;+1/p-1/t15-,18+;;;;;/m1...../s1. The summed E-state index contributed by atoms with van der Waals surface area (Å²) >= 11 is 51.6. The summed E-state index contributed by atoms with van der Waals surface area (Å²) in [4.78, 5) is 77.8. The molecular weight excluding hydrogens is 1910 g/mol. The first-order chi connectivity index (χ1) is 62.5. The molecule has 10 aromatic carbocycles. The van der Waals surface area contributed by atoms with Crippen molar-refractivity contribution in [1.82, 2.24) is 73.8 Å². The van der Waals surface area contributed by atoms with Gasteiger partial charge in [0, 0.05) is 52.9 Å². The molecule has 5 saturated heterocycles. The Labute approximate surface area is 817 Å². The maximum absolute atomic E-state index is 13.4. The van der Waals surface area contributed by atoms with E-state index < -0.39 is 53.6 Å². The summed E-state index contributed by atoms with van der Waals surface area (Å²) in [5, 5.41) is 20.8. The summed E-state index contributed by atoms with van der Waals surface area (Å²) in [5.41, 5.74) is 3.72. The maximum atomic E-state index is 13.4. The minimum atomic E-state index is -0.841. The molecule has 25 nitrogen and oxygen atoms in total. The molecule has 8 unspecified atom stereocenters. The van der Waals surface area contributed by atoms with Crippen LogP contribution >= 0.6 is 109 Å². The average Bonchev–Trinajstić information content (AvgIpc) is 1.58. The molecule has 0 spiro atoms. The van der Waals surface area contributed by atoms with Crippen LogP contribution in [0.5, 0.6) is 0 Å². The number of rotatable bonds is 25. The Bertz CT molecular complexity index is 5830. The zero-order valence-electron chi connectivity index (χ0n) is 67.7. The molecule has 20 rings (SSSR count). The molecule has 5 fully saturated rings. The molecule has 0 N–H and O–H groups in total. The molecule has 5 aliphatic heterocycles. The van der Waals surface area contributed by atoms with Gasteiger partial charge in [0.15, 0.2) is 5.82 Å². The summed E-state index contributed by atoms with van der Waals surface area (Å²) in [7, 11) is 0. The van der Waals surface area contributed by atoms with Crippen LogP contribution in [0, 0.1) is 29.1 Å². The van der Waals surface area contributed by atoms with Crippen LogP contribution in [0.1, 0.15) is 139 Å². The predicted molar refractivity (Wildman–Crippen MR) is 482 cm³/mol. The summed E-state index contributed by atoms with van der Waals surface area (Å²) in [6.45, 7) is 1.07. The average molecular weight is 1970 g/mol. The quantitative estimate of drug-likeness (QED) is 0.0136. The second kappa shape index (κ2) is 40.3. The normalized spacial score (nSPS) is 21.4. The monoisotopic (exact) mass is 1970 g/mol. The van der Waals surface area contributed by atoms with Gasteiger partial charge in [0.2, 0.25) is 23.3 Å². The third kappa shape index (κ3) is 20.5. The number of nitrogens with zero attached hydrogens (tertiary/aromatic N) is 15. The van der Waals surface area contributed by atoms with Crippen molar-refractivity contribution in [1.29, 1.82) is 0 Å². The molecule has 0 aliphatic carbocycles. The molecule has 0 saturated carbocycles. The van der Waals surface area contributed by atoms with Gasteiger partial charge >= 0.3 is 29.6 Å². The van der Waals surface area contributed by atoms with Gasteiger partial charge in [-0.25, -0.2) is 70.3 Å².